The van der Waals surface area contributed by atoms with E-state index in [1.165, 1.54) is 5.56 Å². The first-order valence-electron chi connectivity index (χ1n) is 6.08. The van der Waals surface area contributed by atoms with Crippen LogP contribution in [0.4, 0.5) is 0 Å². The molecular formula is C12H15N5O. The van der Waals surface area contributed by atoms with Crippen molar-refractivity contribution in [3.63, 3.8) is 0 Å². The Balaban J connectivity index is 2.25. The maximum absolute atomic E-state index is 12.0. The summed E-state index contributed by atoms with van der Waals surface area (Å²) in [4.78, 5) is 5.00. The molecule has 2 aromatic rings. The van der Waals surface area contributed by atoms with E-state index in [1.807, 2.05) is 12.1 Å². The van der Waals surface area contributed by atoms with E-state index in [1.54, 1.807) is 0 Å². The number of aromatic nitrogens is 3. The molecule has 0 saturated heterocycles. The van der Waals surface area contributed by atoms with Crippen molar-refractivity contribution < 1.29 is 4.85 Å². The summed E-state index contributed by atoms with van der Waals surface area (Å²) in [6.07, 6.45) is 3.02. The standard InChI is InChI=1S/C12H15N5O/c13-6-9(14)12-15-10-5-4-7-2-1-3-8(7)11(10)17(18)16-12/h4-5,9H,1-3,6,13-14H2. The number of benzene rings is 1. The van der Waals surface area contributed by atoms with Gasteiger partial charge in [-0.25, -0.2) is 4.98 Å². The van der Waals surface area contributed by atoms with Gasteiger partial charge in [-0.05, 0) is 35.7 Å². The zero-order chi connectivity index (χ0) is 12.7. The van der Waals surface area contributed by atoms with Gasteiger partial charge in [-0.3, -0.25) is 0 Å². The van der Waals surface area contributed by atoms with Gasteiger partial charge in [0.2, 0.25) is 5.82 Å². The molecule has 1 unspecified atom stereocenters. The summed E-state index contributed by atoms with van der Waals surface area (Å²) in [6.45, 7) is 0.219. The number of hydrogen-bond acceptors (Lipinski definition) is 5. The Labute approximate surface area is 104 Å². The van der Waals surface area contributed by atoms with E-state index in [4.69, 9.17) is 11.5 Å². The SMILES string of the molecule is NCC(N)c1nc2ccc3c(c2[n+]([O-])n1)CCC3. The second kappa shape index (κ2) is 4.15. The molecular weight excluding hydrogens is 230 g/mol. The van der Waals surface area contributed by atoms with Crippen LogP contribution in [0.3, 0.4) is 0 Å². The fourth-order valence-corrected chi connectivity index (χ4v) is 2.49. The second-order valence-corrected chi connectivity index (χ2v) is 4.61. The van der Waals surface area contributed by atoms with E-state index in [-0.39, 0.29) is 6.54 Å². The third-order valence-electron chi connectivity index (χ3n) is 3.44. The van der Waals surface area contributed by atoms with Gasteiger partial charge in [-0.2, -0.15) is 0 Å². The quantitative estimate of drug-likeness (QED) is 0.558. The summed E-state index contributed by atoms with van der Waals surface area (Å²) in [5.74, 6) is 0.304. The molecule has 4 N–H and O–H groups in total. The van der Waals surface area contributed by atoms with Gasteiger partial charge in [0.25, 0.3) is 5.52 Å². The summed E-state index contributed by atoms with van der Waals surface area (Å²) >= 11 is 0. The van der Waals surface area contributed by atoms with Crippen molar-refractivity contribution in [1.82, 2.24) is 10.1 Å². The van der Waals surface area contributed by atoms with Gasteiger partial charge in [0.15, 0.2) is 0 Å². The average molecular weight is 245 g/mol. The Kier molecular flexibility index (Phi) is 2.61. The summed E-state index contributed by atoms with van der Waals surface area (Å²) in [7, 11) is 0. The normalized spacial score (nSPS) is 15.9. The highest BCUT2D eigenvalue weighted by molar-refractivity contribution is 5.76. The molecule has 0 spiro atoms. The van der Waals surface area contributed by atoms with Crippen LogP contribution in [0.15, 0.2) is 12.1 Å². The first-order valence-corrected chi connectivity index (χ1v) is 6.08. The van der Waals surface area contributed by atoms with Gasteiger partial charge in [-0.1, -0.05) is 6.07 Å². The lowest BCUT2D eigenvalue weighted by Crippen LogP contribution is -2.37. The minimum absolute atomic E-state index is 0.219. The van der Waals surface area contributed by atoms with Crippen LogP contribution >= 0.6 is 0 Å². The second-order valence-electron chi connectivity index (χ2n) is 4.61. The van der Waals surface area contributed by atoms with Gasteiger partial charge in [0.1, 0.15) is 5.52 Å². The molecule has 1 aliphatic carbocycles. The van der Waals surface area contributed by atoms with Gasteiger partial charge in [0, 0.05) is 17.2 Å². The number of fused-ring (bicyclic) bond motifs is 3. The minimum atomic E-state index is -0.497. The predicted octanol–water partition coefficient (Wildman–Crippen LogP) is -0.290. The number of aryl methyl sites for hydroxylation is 2. The van der Waals surface area contributed by atoms with Gasteiger partial charge >= 0.3 is 0 Å². The number of nitrogens with two attached hydrogens (primary N) is 2. The van der Waals surface area contributed by atoms with Crippen LogP contribution in [0.25, 0.3) is 11.0 Å². The molecule has 0 radical (unpaired) electrons. The van der Waals surface area contributed by atoms with Crippen LogP contribution in [-0.4, -0.2) is 16.6 Å². The smallest absolute Gasteiger partial charge is 0.273 e. The Morgan fingerprint density at radius 2 is 2.22 bits per heavy atom. The van der Waals surface area contributed by atoms with E-state index in [9.17, 15) is 5.21 Å². The fraction of sp³-hybridized carbons (Fsp3) is 0.417. The zero-order valence-electron chi connectivity index (χ0n) is 9.97. The molecule has 0 saturated carbocycles. The van der Waals surface area contributed by atoms with E-state index in [0.29, 0.717) is 21.7 Å². The summed E-state index contributed by atoms with van der Waals surface area (Å²) < 4.78 is 0. The topological polar surface area (TPSA) is 105 Å². The van der Waals surface area contributed by atoms with Crippen LogP contribution < -0.4 is 16.3 Å². The summed E-state index contributed by atoms with van der Waals surface area (Å²) in [5.41, 5.74) is 14.8. The molecule has 0 aliphatic heterocycles. The van der Waals surface area contributed by atoms with Crippen molar-refractivity contribution in [2.45, 2.75) is 25.3 Å². The van der Waals surface area contributed by atoms with E-state index in [2.05, 4.69) is 10.1 Å². The largest absolute Gasteiger partial charge is 0.594 e. The van der Waals surface area contributed by atoms with Crippen LogP contribution in [0.2, 0.25) is 0 Å². The minimum Gasteiger partial charge on any atom is -0.594 e. The molecule has 0 amide bonds. The lowest BCUT2D eigenvalue weighted by molar-refractivity contribution is -0.644. The van der Waals surface area contributed by atoms with Crippen molar-refractivity contribution in [1.29, 1.82) is 0 Å². The molecule has 1 atom stereocenters. The zero-order valence-corrected chi connectivity index (χ0v) is 9.97. The highest BCUT2D eigenvalue weighted by atomic mass is 16.5. The first-order chi connectivity index (χ1) is 8.70. The average Bonchev–Trinajstić information content (AvgIpc) is 2.85. The third-order valence-corrected chi connectivity index (χ3v) is 3.44. The van der Waals surface area contributed by atoms with Crippen molar-refractivity contribution in [2.24, 2.45) is 11.5 Å². The Morgan fingerprint density at radius 1 is 1.39 bits per heavy atom. The molecule has 1 aromatic heterocycles. The molecule has 6 nitrogen and oxygen atoms in total. The maximum atomic E-state index is 12.0. The molecule has 94 valence electrons. The summed E-state index contributed by atoms with van der Waals surface area (Å²) in [5, 5.41) is 15.9. The van der Waals surface area contributed by atoms with Crippen molar-refractivity contribution in [3.8, 4) is 0 Å². The lowest BCUT2D eigenvalue weighted by Gasteiger charge is -2.09. The molecule has 1 aliphatic rings. The molecule has 0 bridgehead atoms. The monoisotopic (exact) mass is 245 g/mol. The van der Waals surface area contributed by atoms with Crippen LogP contribution in [0.5, 0.6) is 0 Å². The van der Waals surface area contributed by atoms with Gasteiger partial charge in [0.05, 0.1) is 6.04 Å². The molecule has 1 aromatic carbocycles. The van der Waals surface area contributed by atoms with E-state index >= 15 is 0 Å². The van der Waals surface area contributed by atoms with E-state index in [0.717, 1.165) is 24.8 Å². The fourth-order valence-electron chi connectivity index (χ4n) is 2.49. The lowest BCUT2D eigenvalue weighted by atomic mass is 10.1. The van der Waals surface area contributed by atoms with Crippen LogP contribution in [0, 0.1) is 5.21 Å². The molecule has 1 heterocycles. The third kappa shape index (κ3) is 1.61. The van der Waals surface area contributed by atoms with Crippen LogP contribution in [0.1, 0.15) is 29.4 Å². The summed E-state index contributed by atoms with van der Waals surface area (Å²) in [6, 6.07) is 3.40. The maximum Gasteiger partial charge on any atom is 0.273 e. The molecule has 6 heteroatoms. The molecule has 18 heavy (non-hydrogen) atoms. The van der Waals surface area contributed by atoms with Crippen molar-refractivity contribution in [2.75, 3.05) is 6.54 Å². The van der Waals surface area contributed by atoms with E-state index < -0.39 is 6.04 Å². The Bertz CT molecular complexity index is 613. The molecule has 3 rings (SSSR count). The number of nitrogens with zero attached hydrogens (tertiary/aromatic N) is 3. The van der Waals surface area contributed by atoms with Crippen LogP contribution in [-0.2, 0) is 12.8 Å². The van der Waals surface area contributed by atoms with Gasteiger partial charge in [-0.15, -0.1) is 0 Å². The predicted molar refractivity (Wildman–Crippen MR) is 66.5 cm³/mol. The first kappa shape index (κ1) is 11.3. The number of rotatable bonds is 2. The highest BCUT2D eigenvalue weighted by Crippen LogP contribution is 2.26. The Hall–Kier alpha value is -1.79. The van der Waals surface area contributed by atoms with Crippen molar-refractivity contribution in [3.05, 3.63) is 34.3 Å². The van der Waals surface area contributed by atoms with Gasteiger partial charge < -0.3 is 16.7 Å². The van der Waals surface area contributed by atoms with Crippen molar-refractivity contribution >= 4 is 11.0 Å². The number of hydrogen-bond donors (Lipinski definition) is 2. The molecule has 0 fully saturated rings. The highest BCUT2D eigenvalue weighted by Gasteiger charge is 2.23. The Morgan fingerprint density at radius 3 is 3.00 bits per heavy atom.